The molecule has 1 unspecified atom stereocenters. The van der Waals surface area contributed by atoms with Gasteiger partial charge in [0.15, 0.2) is 0 Å². The van der Waals surface area contributed by atoms with Crippen molar-refractivity contribution >= 4 is 11.9 Å². The molecule has 3 N–H and O–H groups in total. The van der Waals surface area contributed by atoms with Gasteiger partial charge in [-0.15, -0.1) is 0 Å². The molecule has 0 aromatic carbocycles. The van der Waals surface area contributed by atoms with Gasteiger partial charge in [0.1, 0.15) is 0 Å². The highest BCUT2D eigenvalue weighted by atomic mass is 16.4. The van der Waals surface area contributed by atoms with Crippen molar-refractivity contribution in [2.45, 2.75) is 39.0 Å². The van der Waals surface area contributed by atoms with E-state index in [9.17, 15) is 9.59 Å². The molecule has 0 spiro atoms. The quantitative estimate of drug-likeness (QED) is 0.547. The third-order valence-electron chi connectivity index (χ3n) is 2.39. The summed E-state index contributed by atoms with van der Waals surface area (Å²) in [7, 11) is 0. The number of rotatable bonds is 9. The van der Waals surface area contributed by atoms with E-state index >= 15 is 0 Å². The SMILES string of the molecule is CCCC(CCO)CNC(=O)CCC(=O)O. The summed E-state index contributed by atoms with van der Waals surface area (Å²) in [6, 6.07) is 0. The van der Waals surface area contributed by atoms with Crippen LogP contribution >= 0.6 is 0 Å². The minimum Gasteiger partial charge on any atom is -0.481 e. The van der Waals surface area contributed by atoms with Crippen molar-refractivity contribution in [3.8, 4) is 0 Å². The smallest absolute Gasteiger partial charge is 0.303 e. The van der Waals surface area contributed by atoms with Crippen LogP contribution in [-0.4, -0.2) is 35.2 Å². The van der Waals surface area contributed by atoms with Crippen LogP contribution in [0.5, 0.6) is 0 Å². The van der Waals surface area contributed by atoms with Crippen LogP contribution in [0.1, 0.15) is 39.0 Å². The van der Waals surface area contributed by atoms with Crippen LogP contribution in [0.25, 0.3) is 0 Å². The Morgan fingerprint density at radius 2 is 1.94 bits per heavy atom. The number of aliphatic carboxylic acids is 1. The Hall–Kier alpha value is -1.10. The number of aliphatic hydroxyl groups is 1. The largest absolute Gasteiger partial charge is 0.481 e. The number of hydrogen-bond donors (Lipinski definition) is 3. The summed E-state index contributed by atoms with van der Waals surface area (Å²) in [5, 5.41) is 19.9. The first kappa shape index (κ1) is 14.9. The zero-order valence-electron chi connectivity index (χ0n) is 9.74. The maximum absolute atomic E-state index is 11.2. The third kappa shape index (κ3) is 8.23. The van der Waals surface area contributed by atoms with Gasteiger partial charge < -0.3 is 15.5 Å². The monoisotopic (exact) mass is 231 g/mol. The molecule has 94 valence electrons. The van der Waals surface area contributed by atoms with Crippen molar-refractivity contribution in [2.24, 2.45) is 5.92 Å². The molecule has 0 aliphatic carbocycles. The minimum absolute atomic E-state index is 0.0211. The van der Waals surface area contributed by atoms with Crippen molar-refractivity contribution in [1.82, 2.24) is 5.32 Å². The molecule has 16 heavy (non-hydrogen) atoms. The predicted molar refractivity (Wildman–Crippen MR) is 60.0 cm³/mol. The Morgan fingerprint density at radius 3 is 2.44 bits per heavy atom. The molecule has 0 fully saturated rings. The van der Waals surface area contributed by atoms with Crippen molar-refractivity contribution in [2.75, 3.05) is 13.2 Å². The fourth-order valence-electron chi connectivity index (χ4n) is 1.51. The number of carboxylic acid groups (broad SMARTS) is 1. The van der Waals surface area contributed by atoms with E-state index in [-0.39, 0.29) is 31.3 Å². The van der Waals surface area contributed by atoms with Crippen LogP contribution in [0.3, 0.4) is 0 Å². The fourth-order valence-corrected chi connectivity index (χ4v) is 1.51. The Bertz CT molecular complexity index is 212. The minimum atomic E-state index is -0.962. The highest BCUT2D eigenvalue weighted by Gasteiger charge is 2.10. The predicted octanol–water partition coefficient (Wildman–Crippen LogP) is 0.766. The first-order chi connectivity index (χ1) is 7.60. The van der Waals surface area contributed by atoms with Gasteiger partial charge in [0.25, 0.3) is 0 Å². The van der Waals surface area contributed by atoms with Crippen molar-refractivity contribution in [1.29, 1.82) is 0 Å². The number of nitrogens with one attached hydrogen (secondary N) is 1. The fraction of sp³-hybridized carbons (Fsp3) is 0.818. The van der Waals surface area contributed by atoms with Gasteiger partial charge in [0, 0.05) is 19.6 Å². The molecule has 0 aliphatic rings. The Morgan fingerprint density at radius 1 is 1.25 bits per heavy atom. The molecule has 1 atom stereocenters. The Labute approximate surface area is 95.9 Å². The Balaban J connectivity index is 3.72. The van der Waals surface area contributed by atoms with Gasteiger partial charge in [-0.25, -0.2) is 0 Å². The zero-order chi connectivity index (χ0) is 12.4. The van der Waals surface area contributed by atoms with Crippen LogP contribution in [0.2, 0.25) is 0 Å². The van der Waals surface area contributed by atoms with Gasteiger partial charge >= 0.3 is 5.97 Å². The van der Waals surface area contributed by atoms with Gasteiger partial charge in [0.2, 0.25) is 5.91 Å². The molecule has 0 saturated heterocycles. The molecule has 0 saturated carbocycles. The molecule has 0 aromatic rings. The summed E-state index contributed by atoms with van der Waals surface area (Å²) in [6.45, 7) is 2.69. The maximum atomic E-state index is 11.2. The van der Waals surface area contributed by atoms with Crippen LogP contribution in [0.4, 0.5) is 0 Å². The molecule has 5 nitrogen and oxygen atoms in total. The van der Waals surface area contributed by atoms with E-state index in [0.717, 1.165) is 12.8 Å². The van der Waals surface area contributed by atoms with Gasteiger partial charge in [-0.1, -0.05) is 13.3 Å². The van der Waals surface area contributed by atoms with E-state index in [1.165, 1.54) is 0 Å². The maximum Gasteiger partial charge on any atom is 0.303 e. The van der Waals surface area contributed by atoms with Crippen LogP contribution in [0.15, 0.2) is 0 Å². The van der Waals surface area contributed by atoms with Crippen LogP contribution < -0.4 is 5.32 Å². The van der Waals surface area contributed by atoms with E-state index < -0.39 is 5.97 Å². The number of carbonyl (C=O) groups excluding carboxylic acids is 1. The number of carbonyl (C=O) groups is 2. The molecule has 1 amide bonds. The summed E-state index contributed by atoms with van der Waals surface area (Å²) in [5.74, 6) is -0.916. The zero-order valence-corrected chi connectivity index (χ0v) is 9.74. The highest BCUT2D eigenvalue weighted by molar-refractivity contribution is 5.80. The lowest BCUT2D eigenvalue weighted by Gasteiger charge is -2.15. The second kappa shape index (κ2) is 9.15. The molecule has 5 heteroatoms. The summed E-state index contributed by atoms with van der Waals surface area (Å²) < 4.78 is 0. The number of hydrogen-bond acceptors (Lipinski definition) is 3. The van der Waals surface area contributed by atoms with Gasteiger partial charge in [-0.3, -0.25) is 9.59 Å². The van der Waals surface area contributed by atoms with E-state index in [1.807, 2.05) is 0 Å². The summed E-state index contributed by atoms with van der Waals surface area (Å²) in [4.78, 5) is 21.5. The lowest BCUT2D eigenvalue weighted by atomic mass is 10.0. The van der Waals surface area contributed by atoms with Gasteiger partial charge in [0.05, 0.1) is 6.42 Å². The van der Waals surface area contributed by atoms with E-state index in [2.05, 4.69) is 12.2 Å². The number of carboxylic acids is 1. The molecular formula is C11H21NO4. The van der Waals surface area contributed by atoms with E-state index in [0.29, 0.717) is 13.0 Å². The number of amides is 1. The molecule has 0 radical (unpaired) electrons. The second-order valence-electron chi connectivity index (χ2n) is 3.86. The average Bonchev–Trinajstić information content (AvgIpc) is 2.23. The van der Waals surface area contributed by atoms with Crippen molar-refractivity contribution in [3.63, 3.8) is 0 Å². The normalized spacial score (nSPS) is 12.1. The second-order valence-corrected chi connectivity index (χ2v) is 3.86. The summed E-state index contributed by atoms with van der Waals surface area (Å²) >= 11 is 0. The number of aliphatic hydroxyl groups excluding tert-OH is 1. The molecule has 0 aliphatic heterocycles. The highest BCUT2D eigenvalue weighted by Crippen LogP contribution is 2.09. The molecular weight excluding hydrogens is 210 g/mol. The van der Waals surface area contributed by atoms with Gasteiger partial charge in [-0.2, -0.15) is 0 Å². The van der Waals surface area contributed by atoms with Crippen molar-refractivity contribution < 1.29 is 19.8 Å². The van der Waals surface area contributed by atoms with E-state index in [4.69, 9.17) is 10.2 Å². The lowest BCUT2D eigenvalue weighted by molar-refractivity contribution is -0.138. The van der Waals surface area contributed by atoms with Crippen LogP contribution in [0, 0.1) is 5.92 Å². The van der Waals surface area contributed by atoms with Crippen molar-refractivity contribution in [3.05, 3.63) is 0 Å². The molecule has 0 rings (SSSR count). The lowest BCUT2D eigenvalue weighted by Crippen LogP contribution is -2.30. The summed E-state index contributed by atoms with van der Waals surface area (Å²) in [6.07, 6.45) is 2.53. The van der Waals surface area contributed by atoms with Crippen LogP contribution in [-0.2, 0) is 9.59 Å². The first-order valence-corrected chi connectivity index (χ1v) is 5.69. The average molecular weight is 231 g/mol. The Kier molecular flexibility index (Phi) is 8.52. The van der Waals surface area contributed by atoms with Gasteiger partial charge in [-0.05, 0) is 18.8 Å². The summed E-state index contributed by atoms with van der Waals surface area (Å²) in [5.41, 5.74) is 0. The topological polar surface area (TPSA) is 86.6 Å². The van der Waals surface area contributed by atoms with E-state index in [1.54, 1.807) is 0 Å². The molecule has 0 bridgehead atoms. The molecule has 0 aromatic heterocycles. The first-order valence-electron chi connectivity index (χ1n) is 5.69. The molecule has 0 heterocycles. The standard InChI is InChI=1S/C11H21NO4/c1-2-3-9(6-7-13)8-12-10(14)4-5-11(15)16/h9,13H,2-8H2,1H3,(H,12,14)(H,15,16). The third-order valence-corrected chi connectivity index (χ3v) is 2.39.